The van der Waals surface area contributed by atoms with E-state index in [0.29, 0.717) is 5.75 Å². The zero-order chi connectivity index (χ0) is 13.9. The minimum absolute atomic E-state index is 0.00818. The molecule has 0 aliphatic rings. The Morgan fingerprint density at radius 3 is 3.15 bits per heavy atom. The predicted octanol–water partition coefficient (Wildman–Crippen LogP) is 0.977. The summed E-state index contributed by atoms with van der Waals surface area (Å²) < 4.78 is 11.4. The fraction of sp³-hybridized carbons (Fsp3) is 0.167. The van der Waals surface area contributed by atoms with E-state index in [1.807, 2.05) is 30.5 Å². The van der Waals surface area contributed by atoms with Gasteiger partial charge in [-0.1, -0.05) is 12.1 Å². The monoisotopic (exact) mass is 273 g/mol. The van der Waals surface area contributed by atoms with E-state index in [2.05, 4.69) is 25.2 Å². The molecule has 3 rings (SSSR count). The Labute approximate surface area is 113 Å². The van der Waals surface area contributed by atoms with Crippen LogP contribution in [0.4, 0.5) is 0 Å². The molecular formula is C12H11N5O3. The maximum Gasteiger partial charge on any atom is 0.377 e. The number of fused-ring (bicyclic) bond motifs is 1. The van der Waals surface area contributed by atoms with E-state index in [4.69, 9.17) is 4.74 Å². The van der Waals surface area contributed by atoms with Crippen LogP contribution in [0.5, 0.6) is 5.75 Å². The Bertz CT molecular complexity index is 748. The van der Waals surface area contributed by atoms with Crippen molar-refractivity contribution >= 4 is 16.9 Å². The minimum Gasteiger partial charge on any atom is -0.469 e. The van der Waals surface area contributed by atoms with Gasteiger partial charge in [0.25, 0.3) is 5.82 Å². The molecule has 0 saturated heterocycles. The molecule has 8 nitrogen and oxygen atoms in total. The SMILES string of the molecule is COC(=O)c1nnnn1COc1cccc2cc[nH]c12. The van der Waals surface area contributed by atoms with Gasteiger partial charge < -0.3 is 14.5 Å². The molecule has 0 aliphatic heterocycles. The number of nitrogens with one attached hydrogen (secondary N) is 1. The van der Waals surface area contributed by atoms with Crippen LogP contribution in [0, 0.1) is 0 Å². The van der Waals surface area contributed by atoms with Crippen LogP contribution in [0.3, 0.4) is 0 Å². The Kier molecular flexibility index (Phi) is 3.04. The van der Waals surface area contributed by atoms with Gasteiger partial charge >= 0.3 is 5.97 Å². The molecule has 0 fully saturated rings. The molecule has 1 N–H and O–H groups in total. The zero-order valence-electron chi connectivity index (χ0n) is 10.6. The lowest BCUT2D eigenvalue weighted by Crippen LogP contribution is -2.16. The van der Waals surface area contributed by atoms with Crippen molar-refractivity contribution in [3.05, 3.63) is 36.3 Å². The van der Waals surface area contributed by atoms with E-state index >= 15 is 0 Å². The van der Waals surface area contributed by atoms with Crippen molar-refractivity contribution in [3.8, 4) is 5.75 Å². The predicted molar refractivity (Wildman–Crippen MR) is 68.1 cm³/mol. The van der Waals surface area contributed by atoms with Crippen molar-refractivity contribution < 1.29 is 14.3 Å². The number of carbonyl (C=O) groups is 1. The van der Waals surface area contributed by atoms with Gasteiger partial charge in [-0.25, -0.2) is 4.79 Å². The fourth-order valence-corrected chi connectivity index (χ4v) is 1.84. The normalized spacial score (nSPS) is 10.7. The molecule has 0 amide bonds. The first-order chi connectivity index (χ1) is 9.79. The lowest BCUT2D eigenvalue weighted by Gasteiger charge is -2.07. The van der Waals surface area contributed by atoms with Gasteiger partial charge in [0.2, 0.25) is 0 Å². The number of carbonyl (C=O) groups excluding carboxylic acids is 1. The highest BCUT2D eigenvalue weighted by Crippen LogP contribution is 2.23. The molecule has 0 unspecified atom stereocenters. The fourth-order valence-electron chi connectivity index (χ4n) is 1.84. The molecule has 8 heteroatoms. The molecule has 0 spiro atoms. The molecule has 2 heterocycles. The van der Waals surface area contributed by atoms with E-state index in [1.54, 1.807) is 0 Å². The Hall–Kier alpha value is -2.90. The van der Waals surface area contributed by atoms with Gasteiger partial charge in [-0.15, -0.1) is 5.10 Å². The third kappa shape index (κ3) is 2.07. The average molecular weight is 273 g/mol. The average Bonchev–Trinajstić information content (AvgIpc) is 3.12. The van der Waals surface area contributed by atoms with Crippen LogP contribution in [0.25, 0.3) is 10.9 Å². The van der Waals surface area contributed by atoms with E-state index in [9.17, 15) is 4.79 Å². The van der Waals surface area contributed by atoms with Gasteiger partial charge in [0, 0.05) is 11.6 Å². The number of benzene rings is 1. The number of ether oxygens (including phenoxy) is 2. The van der Waals surface area contributed by atoms with Gasteiger partial charge in [0.15, 0.2) is 6.73 Å². The third-order valence-corrected chi connectivity index (χ3v) is 2.79. The summed E-state index contributed by atoms with van der Waals surface area (Å²) in [7, 11) is 1.27. The van der Waals surface area contributed by atoms with Crippen LogP contribution in [-0.4, -0.2) is 38.3 Å². The van der Waals surface area contributed by atoms with E-state index < -0.39 is 5.97 Å². The number of nitrogens with zero attached hydrogens (tertiary/aromatic N) is 4. The first kappa shape index (κ1) is 12.2. The summed E-state index contributed by atoms with van der Waals surface area (Å²) in [5.41, 5.74) is 0.875. The number of esters is 1. The van der Waals surface area contributed by atoms with Gasteiger partial charge in [0.05, 0.1) is 12.6 Å². The summed E-state index contributed by atoms with van der Waals surface area (Å²) in [6.45, 7) is 0.00949. The van der Waals surface area contributed by atoms with Crippen molar-refractivity contribution in [1.29, 1.82) is 0 Å². The van der Waals surface area contributed by atoms with Gasteiger partial charge in [-0.05, 0) is 22.6 Å². The third-order valence-electron chi connectivity index (χ3n) is 2.79. The van der Waals surface area contributed by atoms with Crippen molar-refractivity contribution in [1.82, 2.24) is 25.2 Å². The van der Waals surface area contributed by atoms with Crippen LogP contribution < -0.4 is 4.74 Å². The highest BCUT2D eigenvalue weighted by molar-refractivity contribution is 5.85. The first-order valence-corrected chi connectivity index (χ1v) is 5.83. The summed E-state index contributed by atoms with van der Waals surface area (Å²) in [5.74, 6) is 0.0293. The summed E-state index contributed by atoms with van der Waals surface area (Å²) in [4.78, 5) is 14.5. The van der Waals surface area contributed by atoms with Gasteiger partial charge in [0.1, 0.15) is 5.75 Å². The topological polar surface area (TPSA) is 94.9 Å². The number of tetrazole rings is 1. The summed E-state index contributed by atoms with van der Waals surface area (Å²) in [6, 6.07) is 7.61. The van der Waals surface area contributed by atoms with E-state index in [-0.39, 0.29) is 12.6 Å². The number of hydrogen-bond acceptors (Lipinski definition) is 6. The zero-order valence-corrected chi connectivity index (χ0v) is 10.6. The van der Waals surface area contributed by atoms with Crippen LogP contribution in [0.2, 0.25) is 0 Å². The second-order valence-electron chi connectivity index (χ2n) is 3.97. The number of hydrogen-bond donors (Lipinski definition) is 1. The number of methoxy groups -OCH3 is 1. The Balaban J connectivity index is 1.82. The summed E-state index contributed by atoms with van der Waals surface area (Å²) in [6.07, 6.45) is 1.83. The van der Waals surface area contributed by atoms with Gasteiger partial charge in [-0.3, -0.25) is 0 Å². The highest BCUT2D eigenvalue weighted by atomic mass is 16.5. The number of para-hydroxylation sites is 1. The maximum atomic E-state index is 11.4. The molecular weight excluding hydrogens is 262 g/mol. The maximum absolute atomic E-state index is 11.4. The minimum atomic E-state index is -0.614. The van der Waals surface area contributed by atoms with E-state index in [1.165, 1.54) is 11.8 Å². The van der Waals surface area contributed by atoms with Crippen LogP contribution >= 0.6 is 0 Å². The summed E-state index contributed by atoms with van der Waals surface area (Å²) in [5, 5.41) is 11.7. The molecule has 3 aromatic rings. The standard InChI is InChI=1S/C12H11N5O3/c1-19-12(18)11-14-15-16-17(11)7-20-9-4-2-3-8-5-6-13-10(8)9/h2-6,13H,7H2,1H3. The second kappa shape index (κ2) is 5.00. The molecule has 0 radical (unpaired) electrons. The molecule has 20 heavy (non-hydrogen) atoms. The molecule has 0 aliphatic carbocycles. The van der Waals surface area contributed by atoms with Crippen molar-refractivity contribution in [2.45, 2.75) is 6.73 Å². The first-order valence-electron chi connectivity index (χ1n) is 5.83. The van der Waals surface area contributed by atoms with Crippen LogP contribution in [-0.2, 0) is 11.5 Å². The van der Waals surface area contributed by atoms with Crippen molar-refractivity contribution in [2.24, 2.45) is 0 Å². The molecule has 0 saturated carbocycles. The van der Waals surface area contributed by atoms with E-state index in [0.717, 1.165) is 10.9 Å². The molecule has 1 aromatic carbocycles. The molecule has 0 atom stereocenters. The number of H-pyrrole nitrogens is 1. The molecule has 102 valence electrons. The van der Waals surface area contributed by atoms with Crippen LogP contribution in [0.1, 0.15) is 10.6 Å². The number of aromatic amines is 1. The van der Waals surface area contributed by atoms with Crippen molar-refractivity contribution in [2.75, 3.05) is 7.11 Å². The summed E-state index contributed by atoms with van der Waals surface area (Å²) >= 11 is 0. The second-order valence-corrected chi connectivity index (χ2v) is 3.97. The van der Waals surface area contributed by atoms with Crippen LogP contribution in [0.15, 0.2) is 30.5 Å². The molecule has 0 bridgehead atoms. The lowest BCUT2D eigenvalue weighted by molar-refractivity contribution is 0.0569. The quantitative estimate of drug-likeness (QED) is 0.712. The van der Waals surface area contributed by atoms with Gasteiger partial charge in [-0.2, -0.15) is 4.68 Å². The molecule has 2 aromatic heterocycles. The van der Waals surface area contributed by atoms with Crippen molar-refractivity contribution in [3.63, 3.8) is 0 Å². The largest absolute Gasteiger partial charge is 0.469 e. The smallest absolute Gasteiger partial charge is 0.377 e. The number of rotatable bonds is 4. The lowest BCUT2D eigenvalue weighted by atomic mass is 10.2. The highest BCUT2D eigenvalue weighted by Gasteiger charge is 2.16. The Morgan fingerprint density at radius 1 is 1.40 bits per heavy atom. The Morgan fingerprint density at radius 2 is 2.30 bits per heavy atom. The number of aromatic nitrogens is 5.